The average molecular weight is 278 g/mol. The minimum Gasteiger partial charge on any atom is -0.350 e. The number of hydrogen-bond donors (Lipinski definition) is 3. The lowest BCUT2D eigenvalue weighted by atomic mass is 10.2. The fourth-order valence-electron chi connectivity index (χ4n) is 2.21. The number of carbonyl (C=O) groups is 2. The van der Waals surface area contributed by atoms with Crippen LogP contribution in [0.3, 0.4) is 0 Å². The molecule has 8 heteroatoms. The molecule has 1 unspecified atom stereocenters. The van der Waals surface area contributed by atoms with Gasteiger partial charge in [-0.15, -0.1) is 5.10 Å². The topological polar surface area (TPSA) is 101 Å². The normalized spacial score (nSPS) is 21.7. The van der Waals surface area contributed by atoms with E-state index in [2.05, 4.69) is 26.3 Å². The Balaban J connectivity index is 1.48. The van der Waals surface area contributed by atoms with E-state index < -0.39 is 0 Å². The first-order chi connectivity index (χ1) is 9.70. The molecule has 0 bridgehead atoms. The fourth-order valence-corrected chi connectivity index (χ4v) is 2.21. The quantitative estimate of drug-likeness (QED) is 0.648. The van der Waals surface area contributed by atoms with Crippen LogP contribution >= 0.6 is 0 Å². The van der Waals surface area contributed by atoms with E-state index in [1.807, 2.05) is 0 Å². The monoisotopic (exact) mass is 278 g/mol. The van der Waals surface area contributed by atoms with Crippen LogP contribution in [0.2, 0.25) is 0 Å². The molecule has 1 aromatic rings. The highest BCUT2D eigenvalue weighted by atomic mass is 16.2. The summed E-state index contributed by atoms with van der Waals surface area (Å²) in [6.07, 6.45) is 4.41. The molecule has 3 N–H and O–H groups in total. The summed E-state index contributed by atoms with van der Waals surface area (Å²) in [4.78, 5) is 23.4. The minimum absolute atomic E-state index is 0.0152. The summed E-state index contributed by atoms with van der Waals surface area (Å²) in [6.45, 7) is 1.86. The number of nitrogens with zero attached hydrogens (tertiary/aromatic N) is 3. The molecular weight excluding hydrogens is 260 g/mol. The molecule has 0 radical (unpaired) electrons. The van der Waals surface area contributed by atoms with Crippen LogP contribution < -0.4 is 16.0 Å². The third-order valence-electron chi connectivity index (χ3n) is 3.47. The van der Waals surface area contributed by atoms with Crippen molar-refractivity contribution in [1.29, 1.82) is 0 Å². The fraction of sp³-hybridized carbons (Fsp3) is 0.667. The first kappa shape index (κ1) is 13.0. The highest BCUT2D eigenvalue weighted by molar-refractivity contribution is 5.93. The molecule has 1 aliphatic heterocycles. The van der Waals surface area contributed by atoms with Crippen molar-refractivity contribution in [1.82, 2.24) is 25.6 Å². The maximum atomic E-state index is 11.8. The molecule has 108 valence electrons. The predicted octanol–water partition coefficient (Wildman–Crippen LogP) is -0.895. The Kier molecular flexibility index (Phi) is 3.64. The molecule has 1 atom stereocenters. The Morgan fingerprint density at radius 2 is 2.25 bits per heavy atom. The van der Waals surface area contributed by atoms with E-state index in [0.717, 1.165) is 32.4 Å². The number of carbonyl (C=O) groups excluding carboxylic acids is 2. The summed E-state index contributed by atoms with van der Waals surface area (Å²) in [5, 5.41) is 16.5. The van der Waals surface area contributed by atoms with Gasteiger partial charge >= 0.3 is 0 Å². The Hall–Kier alpha value is -1.96. The smallest absolute Gasteiger partial charge is 0.242 e. The molecule has 3 rings (SSSR count). The molecule has 1 saturated heterocycles. The second kappa shape index (κ2) is 5.58. The Bertz CT molecular complexity index is 504. The van der Waals surface area contributed by atoms with Crippen molar-refractivity contribution in [3.05, 3.63) is 6.20 Å². The second-order valence-corrected chi connectivity index (χ2v) is 5.32. The summed E-state index contributed by atoms with van der Waals surface area (Å²) >= 11 is 0. The van der Waals surface area contributed by atoms with Gasteiger partial charge in [0.1, 0.15) is 6.54 Å². The third kappa shape index (κ3) is 3.32. The van der Waals surface area contributed by atoms with Crippen molar-refractivity contribution in [2.45, 2.75) is 31.8 Å². The molecule has 2 amide bonds. The van der Waals surface area contributed by atoms with Gasteiger partial charge in [0.25, 0.3) is 0 Å². The van der Waals surface area contributed by atoms with Gasteiger partial charge in [0.15, 0.2) is 5.82 Å². The van der Waals surface area contributed by atoms with Gasteiger partial charge in [-0.3, -0.25) is 9.59 Å². The largest absolute Gasteiger partial charge is 0.350 e. The molecule has 2 heterocycles. The van der Waals surface area contributed by atoms with E-state index in [1.54, 1.807) is 6.20 Å². The van der Waals surface area contributed by atoms with Gasteiger partial charge in [0, 0.05) is 18.5 Å². The maximum Gasteiger partial charge on any atom is 0.242 e. The second-order valence-electron chi connectivity index (χ2n) is 5.32. The zero-order chi connectivity index (χ0) is 13.9. The van der Waals surface area contributed by atoms with Gasteiger partial charge < -0.3 is 16.0 Å². The van der Waals surface area contributed by atoms with E-state index >= 15 is 0 Å². The summed E-state index contributed by atoms with van der Waals surface area (Å²) in [5.74, 6) is 0.415. The van der Waals surface area contributed by atoms with E-state index in [0.29, 0.717) is 5.82 Å². The van der Waals surface area contributed by atoms with E-state index in [4.69, 9.17) is 0 Å². The van der Waals surface area contributed by atoms with Crippen LogP contribution in [0.1, 0.15) is 19.3 Å². The molecule has 1 aliphatic carbocycles. The van der Waals surface area contributed by atoms with Gasteiger partial charge in [0.05, 0.1) is 6.20 Å². The molecule has 2 fully saturated rings. The number of rotatable bonds is 5. The third-order valence-corrected chi connectivity index (χ3v) is 3.47. The van der Waals surface area contributed by atoms with Gasteiger partial charge in [0.2, 0.25) is 11.8 Å². The van der Waals surface area contributed by atoms with Crippen LogP contribution in [0.5, 0.6) is 0 Å². The zero-order valence-electron chi connectivity index (χ0n) is 11.1. The molecule has 0 aromatic carbocycles. The Morgan fingerprint density at radius 3 is 2.95 bits per heavy atom. The molecule has 8 nitrogen and oxygen atoms in total. The van der Waals surface area contributed by atoms with Crippen LogP contribution in [-0.4, -0.2) is 45.9 Å². The first-order valence-electron chi connectivity index (χ1n) is 6.92. The lowest BCUT2D eigenvalue weighted by Crippen LogP contribution is -2.38. The van der Waals surface area contributed by atoms with Crippen molar-refractivity contribution in [3.63, 3.8) is 0 Å². The Labute approximate surface area is 116 Å². The van der Waals surface area contributed by atoms with Crippen molar-refractivity contribution < 1.29 is 9.59 Å². The standard InChI is InChI=1S/C12H18N6O2/c19-11(14-9-3-4-13-5-9)7-18-6-10(16-17-18)15-12(20)8-1-2-8/h6,8-9,13H,1-5,7H2,(H,14,19)(H,15,20). The summed E-state index contributed by atoms with van der Waals surface area (Å²) in [7, 11) is 0. The minimum atomic E-state index is -0.0938. The van der Waals surface area contributed by atoms with E-state index in [9.17, 15) is 9.59 Å². The number of hydrogen-bond acceptors (Lipinski definition) is 5. The molecule has 2 aliphatic rings. The molecule has 1 saturated carbocycles. The number of anilines is 1. The molecule has 20 heavy (non-hydrogen) atoms. The predicted molar refractivity (Wildman–Crippen MR) is 70.8 cm³/mol. The van der Waals surface area contributed by atoms with Crippen molar-refractivity contribution in [3.8, 4) is 0 Å². The number of aromatic nitrogens is 3. The van der Waals surface area contributed by atoms with Crippen LogP contribution in [0.4, 0.5) is 5.82 Å². The zero-order valence-corrected chi connectivity index (χ0v) is 11.1. The lowest BCUT2D eigenvalue weighted by molar-refractivity contribution is -0.122. The van der Waals surface area contributed by atoms with Crippen molar-refractivity contribution in [2.75, 3.05) is 18.4 Å². The van der Waals surface area contributed by atoms with E-state index in [1.165, 1.54) is 4.68 Å². The van der Waals surface area contributed by atoms with Crippen LogP contribution in [-0.2, 0) is 16.1 Å². The summed E-state index contributed by atoms with van der Waals surface area (Å²) in [6, 6.07) is 0.195. The highest BCUT2D eigenvalue weighted by Gasteiger charge is 2.30. The highest BCUT2D eigenvalue weighted by Crippen LogP contribution is 2.29. The van der Waals surface area contributed by atoms with Crippen molar-refractivity contribution in [2.24, 2.45) is 5.92 Å². The summed E-state index contributed by atoms with van der Waals surface area (Å²) < 4.78 is 1.43. The maximum absolute atomic E-state index is 11.8. The van der Waals surface area contributed by atoms with E-state index in [-0.39, 0.29) is 30.3 Å². The summed E-state index contributed by atoms with van der Waals surface area (Å²) in [5.41, 5.74) is 0. The Morgan fingerprint density at radius 1 is 1.40 bits per heavy atom. The first-order valence-corrected chi connectivity index (χ1v) is 6.92. The SMILES string of the molecule is O=C(Cn1cc(NC(=O)C2CC2)nn1)NC1CCNC1. The van der Waals surface area contributed by atoms with Crippen molar-refractivity contribution >= 4 is 17.6 Å². The molecule has 1 aromatic heterocycles. The number of amides is 2. The van der Waals surface area contributed by atoms with Gasteiger partial charge in [-0.2, -0.15) is 0 Å². The van der Waals surface area contributed by atoms with Gasteiger partial charge in [-0.1, -0.05) is 5.21 Å². The molecule has 0 spiro atoms. The molecular formula is C12H18N6O2. The van der Waals surface area contributed by atoms with Crippen LogP contribution in [0.15, 0.2) is 6.20 Å². The van der Waals surface area contributed by atoms with Gasteiger partial charge in [-0.25, -0.2) is 4.68 Å². The van der Waals surface area contributed by atoms with Crippen LogP contribution in [0, 0.1) is 5.92 Å². The number of nitrogens with one attached hydrogen (secondary N) is 3. The van der Waals surface area contributed by atoms with Gasteiger partial charge in [-0.05, 0) is 25.8 Å². The van der Waals surface area contributed by atoms with Crippen LogP contribution in [0.25, 0.3) is 0 Å². The lowest BCUT2D eigenvalue weighted by Gasteiger charge is -2.10. The average Bonchev–Trinajstić information content (AvgIpc) is 2.99.